The van der Waals surface area contributed by atoms with E-state index in [4.69, 9.17) is 11.6 Å². The molecule has 18 heavy (non-hydrogen) atoms. The van der Waals surface area contributed by atoms with E-state index in [1.807, 2.05) is 0 Å². The van der Waals surface area contributed by atoms with Crippen molar-refractivity contribution in [2.75, 3.05) is 6.54 Å². The molecule has 0 saturated heterocycles. The second kappa shape index (κ2) is 6.16. The highest BCUT2D eigenvalue weighted by Gasteiger charge is 2.14. The summed E-state index contributed by atoms with van der Waals surface area (Å²) in [5.41, 5.74) is 0.958. The highest BCUT2D eigenvalue weighted by Crippen LogP contribution is 2.25. The zero-order valence-corrected chi connectivity index (χ0v) is 10.9. The Morgan fingerprint density at radius 1 is 1.39 bits per heavy atom. The molecule has 0 aromatic heterocycles. The molecular weight excluding hydrogens is 252 g/mol. The number of hydrogen-bond acceptors (Lipinski definition) is 3. The number of hydrogen-bond donors (Lipinski definition) is 1. The van der Waals surface area contributed by atoms with Gasteiger partial charge in [0.2, 0.25) is 0 Å². The van der Waals surface area contributed by atoms with Gasteiger partial charge >= 0.3 is 0 Å². The van der Waals surface area contributed by atoms with Crippen LogP contribution in [0.3, 0.4) is 0 Å². The Balaban J connectivity index is 1.87. The summed E-state index contributed by atoms with van der Waals surface area (Å²) in [6.07, 6.45) is 5.29. The molecule has 1 aromatic rings. The fourth-order valence-electron chi connectivity index (χ4n) is 2.42. The lowest BCUT2D eigenvalue weighted by molar-refractivity contribution is -0.384. The van der Waals surface area contributed by atoms with Gasteiger partial charge in [-0.2, -0.15) is 0 Å². The Morgan fingerprint density at radius 3 is 2.72 bits per heavy atom. The van der Waals surface area contributed by atoms with Gasteiger partial charge in [-0.05, 0) is 36.9 Å². The van der Waals surface area contributed by atoms with Crippen LogP contribution in [0.1, 0.15) is 31.2 Å². The molecule has 1 aromatic carbocycles. The lowest BCUT2D eigenvalue weighted by Crippen LogP contribution is -2.20. The van der Waals surface area contributed by atoms with Gasteiger partial charge in [-0.15, -0.1) is 0 Å². The minimum Gasteiger partial charge on any atom is -0.312 e. The topological polar surface area (TPSA) is 55.2 Å². The maximum atomic E-state index is 10.6. The van der Waals surface area contributed by atoms with Gasteiger partial charge in [0, 0.05) is 18.7 Å². The molecule has 0 aliphatic heterocycles. The van der Waals surface area contributed by atoms with Crippen LogP contribution in [0.25, 0.3) is 0 Å². The summed E-state index contributed by atoms with van der Waals surface area (Å²) in [7, 11) is 0. The third-order valence-corrected chi connectivity index (χ3v) is 3.82. The van der Waals surface area contributed by atoms with Crippen molar-refractivity contribution in [3.05, 3.63) is 38.9 Å². The van der Waals surface area contributed by atoms with Crippen molar-refractivity contribution in [1.82, 2.24) is 5.32 Å². The highest BCUT2D eigenvalue weighted by molar-refractivity contribution is 6.31. The van der Waals surface area contributed by atoms with Gasteiger partial charge in [0.15, 0.2) is 0 Å². The first-order valence-electron chi connectivity index (χ1n) is 6.30. The van der Waals surface area contributed by atoms with Gasteiger partial charge in [0.25, 0.3) is 5.69 Å². The maximum absolute atomic E-state index is 10.6. The minimum atomic E-state index is -0.429. The largest absolute Gasteiger partial charge is 0.312 e. The number of nitro groups is 1. The molecule has 1 saturated carbocycles. The standard InChI is InChI=1S/C13H17ClN2O2/c14-13-7-12(16(17)18)6-5-11(13)9-15-8-10-3-1-2-4-10/h5-7,10,15H,1-4,8-9H2. The van der Waals surface area contributed by atoms with Crippen molar-refractivity contribution in [3.8, 4) is 0 Å². The Morgan fingerprint density at radius 2 is 2.11 bits per heavy atom. The summed E-state index contributed by atoms with van der Waals surface area (Å²) >= 11 is 6.02. The number of halogens is 1. The van der Waals surface area contributed by atoms with Gasteiger partial charge in [-0.3, -0.25) is 10.1 Å². The molecule has 0 spiro atoms. The van der Waals surface area contributed by atoms with Crippen LogP contribution in [0.5, 0.6) is 0 Å². The molecule has 0 unspecified atom stereocenters. The molecule has 0 amide bonds. The third-order valence-electron chi connectivity index (χ3n) is 3.47. The van der Waals surface area contributed by atoms with Gasteiger partial charge in [0.1, 0.15) is 0 Å². The van der Waals surface area contributed by atoms with Gasteiger partial charge in [0.05, 0.1) is 9.95 Å². The predicted molar refractivity (Wildman–Crippen MR) is 71.8 cm³/mol. The number of nitro benzene ring substituents is 1. The second-order valence-corrected chi connectivity index (χ2v) is 5.22. The van der Waals surface area contributed by atoms with Crippen LogP contribution in [0, 0.1) is 16.0 Å². The first kappa shape index (κ1) is 13.3. The van der Waals surface area contributed by atoms with E-state index in [9.17, 15) is 10.1 Å². The lowest BCUT2D eigenvalue weighted by atomic mass is 10.1. The molecule has 98 valence electrons. The Bertz CT molecular complexity index is 431. The maximum Gasteiger partial charge on any atom is 0.270 e. The molecule has 1 N–H and O–H groups in total. The van der Waals surface area contributed by atoms with E-state index in [1.165, 1.54) is 37.8 Å². The summed E-state index contributed by atoms with van der Waals surface area (Å²) in [4.78, 5) is 10.2. The van der Waals surface area contributed by atoms with Crippen molar-refractivity contribution < 1.29 is 4.92 Å². The summed E-state index contributed by atoms with van der Waals surface area (Å²) in [5, 5.41) is 14.4. The molecular formula is C13H17ClN2O2. The quantitative estimate of drug-likeness (QED) is 0.656. The van der Waals surface area contributed by atoms with Crippen molar-refractivity contribution >= 4 is 17.3 Å². The molecule has 5 heteroatoms. The predicted octanol–water partition coefficient (Wildman–Crippen LogP) is 3.53. The van der Waals surface area contributed by atoms with E-state index in [0.717, 1.165) is 18.0 Å². The molecule has 2 rings (SSSR count). The Hall–Kier alpha value is -1.13. The normalized spacial score (nSPS) is 16.1. The van der Waals surface area contributed by atoms with E-state index < -0.39 is 4.92 Å². The molecule has 1 aliphatic carbocycles. The smallest absolute Gasteiger partial charge is 0.270 e. The monoisotopic (exact) mass is 268 g/mol. The first-order valence-corrected chi connectivity index (χ1v) is 6.68. The fourth-order valence-corrected chi connectivity index (χ4v) is 2.66. The lowest BCUT2D eigenvalue weighted by Gasteiger charge is -2.11. The minimum absolute atomic E-state index is 0.0412. The van der Waals surface area contributed by atoms with Gasteiger partial charge in [-0.1, -0.05) is 24.4 Å². The Labute approximate surface area is 111 Å². The van der Waals surface area contributed by atoms with Crippen molar-refractivity contribution in [2.24, 2.45) is 5.92 Å². The van der Waals surface area contributed by atoms with Crippen molar-refractivity contribution in [1.29, 1.82) is 0 Å². The molecule has 1 aliphatic rings. The van der Waals surface area contributed by atoms with Crippen LogP contribution in [0.2, 0.25) is 5.02 Å². The summed E-state index contributed by atoms with van der Waals surface area (Å²) < 4.78 is 0. The van der Waals surface area contributed by atoms with Crippen molar-refractivity contribution in [2.45, 2.75) is 32.2 Å². The molecule has 0 heterocycles. The van der Waals surface area contributed by atoms with Crippen LogP contribution in [-0.4, -0.2) is 11.5 Å². The summed E-state index contributed by atoms with van der Waals surface area (Å²) in [6.45, 7) is 1.68. The van der Waals surface area contributed by atoms with E-state index in [1.54, 1.807) is 6.07 Å². The van der Waals surface area contributed by atoms with E-state index in [0.29, 0.717) is 11.6 Å². The molecule has 4 nitrogen and oxygen atoms in total. The zero-order valence-electron chi connectivity index (χ0n) is 10.2. The third kappa shape index (κ3) is 3.43. The van der Waals surface area contributed by atoms with Crippen molar-refractivity contribution in [3.63, 3.8) is 0 Å². The average molecular weight is 269 g/mol. The second-order valence-electron chi connectivity index (χ2n) is 4.81. The SMILES string of the molecule is O=[N+]([O-])c1ccc(CNCC2CCCC2)c(Cl)c1. The summed E-state index contributed by atoms with van der Waals surface area (Å²) in [5.74, 6) is 0.779. The van der Waals surface area contributed by atoms with E-state index in [-0.39, 0.29) is 5.69 Å². The molecule has 0 atom stereocenters. The highest BCUT2D eigenvalue weighted by atomic mass is 35.5. The number of nitrogens with one attached hydrogen (secondary N) is 1. The molecule has 0 radical (unpaired) electrons. The summed E-state index contributed by atoms with van der Waals surface area (Å²) in [6, 6.07) is 4.63. The number of rotatable bonds is 5. The fraction of sp³-hybridized carbons (Fsp3) is 0.538. The number of benzene rings is 1. The molecule has 0 bridgehead atoms. The number of non-ortho nitro benzene ring substituents is 1. The van der Waals surface area contributed by atoms with Crippen LogP contribution in [-0.2, 0) is 6.54 Å². The van der Waals surface area contributed by atoms with Gasteiger partial charge in [-0.25, -0.2) is 0 Å². The van der Waals surface area contributed by atoms with E-state index in [2.05, 4.69) is 5.32 Å². The first-order chi connectivity index (χ1) is 8.66. The van der Waals surface area contributed by atoms with Crippen LogP contribution in [0.4, 0.5) is 5.69 Å². The molecule has 1 fully saturated rings. The van der Waals surface area contributed by atoms with Crippen LogP contribution < -0.4 is 5.32 Å². The Kier molecular flexibility index (Phi) is 4.55. The zero-order chi connectivity index (χ0) is 13.0. The van der Waals surface area contributed by atoms with Crippen LogP contribution >= 0.6 is 11.6 Å². The average Bonchev–Trinajstić information content (AvgIpc) is 2.84. The van der Waals surface area contributed by atoms with E-state index >= 15 is 0 Å². The van der Waals surface area contributed by atoms with Crippen LogP contribution in [0.15, 0.2) is 18.2 Å². The number of nitrogens with zero attached hydrogens (tertiary/aromatic N) is 1. The van der Waals surface area contributed by atoms with Gasteiger partial charge < -0.3 is 5.32 Å².